The third-order valence-corrected chi connectivity index (χ3v) is 6.85. The molecule has 0 spiro atoms. The maximum atomic E-state index is 12.5. The van der Waals surface area contributed by atoms with Crippen molar-refractivity contribution in [3.05, 3.63) is 70.4 Å². The molecular weight excluding hydrogens is 416 g/mol. The molecule has 5 nitrogen and oxygen atoms in total. The van der Waals surface area contributed by atoms with Gasteiger partial charge in [0.2, 0.25) is 0 Å². The predicted octanol–water partition coefficient (Wildman–Crippen LogP) is 6.16. The van der Waals surface area contributed by atoms with Crippen LogP contribution < -0.4 is 5.32 Å². The van der Waals surface area contributed by atoms with Gasteiger partial charge in [-0.15, -0.1) is 0 Å². The van der Waals surface area contributed by atoms with Crippen LogP contribution in [0, 0.1) is 13.8 Å². The van der Waals surface area contributed by atoms with E-state index < -0.39 is 5.97 Å². The number of hydrogen-bond acceptors (Lipinski definition) is 5. The predicted molar refractivity (Wildman–Crippen MR) is 122 cm³/mol. The summed E-state index contributed by atoms with van der Waals surface area (Å²) in [6.07, 6.45) is 1.69. The molecule has 2 aromatic carbocycles. The average molecular weight is 441 g/mol. The van der Waals surface area contributed by atoms with E-state index in [0.717, 1.165) is 20.2 Å². The van der Waals surface area contributed by atoms with Crippen molar-refractivity contribution in [3.8, 4) is 0 Å². The summed E-state index contributed by atoms with van der Waals surface area (Å²) in [4.78, 5) is 29.1. The summed E-state index contributed by atoms with van der Waals surface area (Å²) in [6.45, 7) is 10.1. The van der Waals surface area contributed by atoms with Gasteiger partial charge in [-0.25, -0.2) is 9.78 Å². The molecule has 30 heavy (non-hydrogen) atoms. The molecule has 3 aromatic rings. The molecule has 0 saturated carbocycles. The van der Waals surface area contributed by atoms with Crippen molar-refractivity contribution in [3.63, 3.8) is 0 Å². The normalized spacial score (nSPS) is 11.4. The lowest BCUT2D eigenvalue weighted by atomic mass is 9.87. The highest BCUT2D eigenvalue weighted by Gasteiger charge is 2.16. The van der Waals surface area contributed by atoms with Crippen LogP contribution in [0.5, 0.6) is 0 Å². The molecule has 0 atom stereocenters. The molecular formula is C23H24N2O3S2. The van der Waals surface area contributed by atoms with Crippen LogP contribution in [0.2, 0.25) is 0 Å². The molecule has 0 bridgehead atoms. The van der Waals surface area contributed by atoms with E-state index in [4.69, 9.17) is 0 Å². The Morgan fingerprint density at radius 1 is 1.07 bits per heavy atom. The number of nitrogens with zero attached hydrogens (tertiary/aromatic N) is 1. The van der Waals surface area contributed by atoms with Crippen molar-refractivity contribution in [1.82, 2.24) is 4.98 Å². The number of benzene rings is 2. The third-order valence-electron chi connectivity index (χ3n) is 4.68. The highest BCUT2D eigenvalue weighted by molar-refractivity contribution is 8.01. The monoisotopic (exact) mass is 440 g/mol. The number of aromatic nitrogens is 1. The molecule has 1 amide bonds. The molecule has 1 aromatic heterocycles. The topological polar surface area (TPSA) is 79.3 Å². The number of rotatable bonds is 5. The van der Waals surface area contributed by atoms with E-state index in [9.17, 15) is 14.7 Å². The number of aryl methyl sites for hydroxylation is 2. The minimum Gasteiger partial charge on any atom is -0.478 e. The molecule has 0 aliphatic carbocycles. The van der Waals surface area contributed by atoms with Crippen LogP contribution in [0.4, 0.5) is 5.13 Å². The van der Waals surface area contributed by atoms with Crippen molar-refractivity contribution in [2.75, 3.05) is 5.32 Å². The van der Waals surface area contributed by atoms with Crippen LogP contribution in [0.1, 0.15) is 58.2 Å². The molecule has 0 fully saturated rings. The molecule has 7 heteroatoms. The molecule has 0 unspecified atom stereocenters. The van der Waals surface area contributed by atoms with E-state index in [1.807, 2.05) is 37.3 Å². The Hall–Kier alpha value is -2.64. The Labute approximate surface area is 184 Å². The molecule has 0 aliphatic rings. The lowest BCUT2D eigenvalue weighted by Gasteiger charge is -2.18. The van der Waals surface area contributed by atoms with Gasteiger partial charge in [0.15, 0.2) is 5.13 Å². The third kappa shape index (κ3) is 5.09. The van der Waals surface area contributed by atoms with Crippen LogP contribution in [0.25, 0.3) is 0 Å². The van der Waals surface area contributed by atoms with Gasteiger partial charge in [-0.1, -0.05) is 62.1 Å². The van der Waals surface area contributed by atoms with Gasteiger partial charge in [-0.05, 0) is 54.2 Å². The van der Waals surface area contributed by atoms with Gasteiger partial charge in [0.25, 0.3) is 5.91 Å². The molecule has 0 aliphatic heterocycles. The van der Waals surface area contributed by atoms with Crippen molar-refractivity contribution < 1.29 is 14.7 Å². The zero-order valence-corrected chi connectivity index (χ0v) is 19.2. The quantitative estimate of drug-likeness (QED) is 0.497. The first-order chi connectivity index (χ1) is 14.0. The summed E-state index contributed by atoms with van der Waals surface area (Å²) < 4.78 is 0.872. The maximum Gasteiger partial charge on any atom is 0.335 e. The minimum atomic E-state index is -0.941. The molecule has 0 radical (unpaired) electrons. The van der Waals surface area contributed by atoms with Gasteiger partial charge in [-0.2, -0.15) is 0 Å². The molecule has 2 N–H and O–H groups in total. The number of carboxylic acid groups (broad SMARTS) is 1. The maximum absolute atomic E-state index is 12.5. The lowest BCUT2D eigenvalue weighted by Crippen LogP contribution is -2.14. The van der Waals surface area contributed by atoms with E-state index in [1.54, 1.807) is 19.2 Å². The van der Waals surface area contributed by atoms with Gasteiger partial charge in [0, 0.05) is 10.5 Å². The number of anilines is 1. The van der Waals surface area contributed by atoms with Gasteiger partial charge in [0.1, 0.15) is 0 Å². The number of thiazole rings is 1. The highest BCUT2D eigenvalue weighted by atomic mass is 32.2. The summed E-state index contributed by atoms with van der Waals surface area (Å²) in [6, 6.07) is 11.1. The second-order valence-electron chi connectivity index (χ2n) is 8.11. The van der Waals surface area contributed by atoms with Gasteiger partial charge in [-0.3, -0.25) is 10.1 Å². The smallest absolute Gasteiger partial charge is 0.335 e. The first-order valence-corrected chi connectivity index (χ1v) is 11.1. The van der Waals surface area contributed by atoms with E-state index in [0.29, 0.717) is 16.3 Å². The second-order valence-corrected chi connectivity index (χ2v) is 10.5. The highest BCUT2D eigenvalue weighted by Crippen LogP contribution is 2.37. The second kappa shape index (κ2) is 8.62. The first-order valence-electron chi connectivity index (χ1n) is 9.44. The molecule has 1 heterocycles. The van der Waals surface area contributed by atoms with Gasteiger partial charge in [0.05, 0.1) is 16.0 Å². The van der Waals surface area contributed by atoms with Crippen molar-refractivity contribution in [2.45, 2.75) is 49.1 Å². The summed E-state index contributed by atoms with van der Waals surface area (Å²) in [5.74, 6) is -1.15. The molecule has 156 valence electrons. The van der Waals surface area contributed by atoms with E-state index in [2.05, 4.69) is 31.1 Å². The Morgan fingerprint density at radius 3 is 2.33 bits per heavy atom. The fourth-order valence-corrected chi connectivity index (χ4v) is 4.87. The largest absolute Gasteiger partial charge is 0.478 e. The first kappa shape index (κ1) is 22.1. The Morgan fingerprint density at radius 2 is 1.73 bits per heavy atom. The van der Waals surface area contributed by atoms with Crippen LogP contribution >= 0.6 is 23.1 Å². The number of carbonyl (C=O) groups is 2. The zero-order valence-electron chi connectivity index (χ0n) is 17.6. The van der Waals surface area contributed by atoms with Gasteiger partial charge >= 0.3 is 5.97 Å². The number of aromatic carboxylic acids is 1. The number of nitrogens with one attached hydrogen (secondary N) is 1. The SMILES string of the molecule is Cc1cc(C)c(C(=O)O)cc1Sc1cnc(NC(=O)c2ccc(C(C)(C)C)cc2)s1. The summed E-state index contributed by atoms with van der Waals surface area (Å²) in [5, 5.41) is 12.7. The van der Waals surface area contributed by atoms with Crippen molar-refractivity contribution in [2.24, 2.45) is 0 Å². The Kier molecular flexibility index (Phi) is 6.33. The van der Waals surface area contributed by atoms with Crippen molar-refractivity contribution in [1.29, 1.82) is 0 Å². The van der Waals surface area contributed by atoms with Crippen LogP contribution in [0.3, 0.4) is 0 Å². The lowest BCUT2D eigenvalue weighted by molar-refractivity contribution is 0.0695. The molecule has 0 saturated heterocycles. The summed E-state index contributed by atoms with van der Waals surface area (Å²) >= 11 is 2.80. The van der Waals surface area contributed by atoms with E-state index >= 15 is 0 Å². The minimum absolute atomic E-state index is 0.0328. The zero-order chi connectivity index (χ0) is 22.1. The summed E-state index contributed by atoms with van der Waals surface area (Å²) in [7, 11) is 0. The van der Waals surface area contributed by atoms with Crippen molar-refractivity contribution >= 4 is 40.1 Å². The van der Waals surface area contributed by atoms with E-state index in [1.165, 1.54) is 28.7 Å². The van der Waals surface area contributed by atoms with Crippen LogP contribution in [-0.4, -0.2) is 22.0 Å². The standard InChI is InChI=1S/C23H24N2O3S2/c1-13-10-14(2)18(11-17(13)21(27)28)29-19-12-24-22(30-19)25-20(26)15-6-8-16(9-7-15)23(3,4)5/h6-12H,1-5H3,(H,27,28)(H,24,25,26). The van der Waals surface area contributed by atoms with E-state index in [-0.39, 0.29) is 11.3 Å². The Balaban J connectivity index is 1.72. The average Bonchev–Trinajstić information content (AvgIpc) is 3.10. The van der Waals surface area contributed by atoms with Crippen LogP contribution in [-0.2, 0) is 5.41 Å². The number of carboxylic acids is 1. The Bertz CT molecular complexity index is 1100. The fourth-order valence-electron chi connectivity index (χ4n) is 2.94. The number of carbonyl (C=O) groups excluding carboxylic acids is 1. The fraction of sp³-hybridized carbons (Fsp3) is 0.261. The van der Waals surface area contributed by atoms with Gasteiger partial charge < -0.3 is 5.11 Å². The molecule has 3 rings (SSSR count). The number of amides is 1. The van der Waals surface area contributed by atoms with Crippen LogP contribution in [0.15, 0.2) is 51.7 Å². The number of hydrogen-bond donors (Lipinski definition) is 2. The summed E-state index contributed by atoms with van der Waals surface area (Å²) in [5.41, 5.74) is 3.80.